The molecule has 4 aromatic rings. The van der Waals surface area contributed by atoms with E-state index in [1.807, 2.05) is 65.6 Å². The summed E-state index contributed by atoms with van der Waals surface area (Å²) in [5.74, 6) is 2.10. The highest BCUT2D eigenvalue weighted by Crippen LogP contribution is 2.33. The number of fused-ring (bicyclic) bond motifs is 2. The monoisotopic (exact) mass is 501 g/mol. The first kappa shape index (κ1) is 23.7. The van der Waals surface area contributed by atoms with Crippen molar-refractivity contribution in [3.8, 4) is 17.2 Å². The van der Waals surface area contributed by atoms with Crippen LogP contribution < -0.4 is 25.1 Å². The zero-order chi connectivity index (χ0) is 25.1. The van der Waals surface area contributed by atoms with Gasteiger partial charge in [-0.1, -0.05) is 31.2 Å². The lowest BCUT2D eigenvalue weighted by Gasteiger charge is -2.26. The van der Waals surface area contributed by atoms with E-state index in [9.17, 15) is 4.79 Å². The maximum Gasteiger partial charge on any atom is 0.253 e. The molecule has 0 radical (unpaired) electrons. The molecule has 1 aliphatic rings. The standard InChI is InChI=1S/C28H27N3O4S/c1-3-18-8-10-22-20(12-18)14-21(27(32)29-22)16-31(15-19-9-11-25-26(13-19)35-17-34-25)28(36)30-23-6-4-5-7-24(23)33-2/h4-14H,3,15-17H2,1-2H3,(H,29,32)(H,30,36). The fourth-order valence-corrected chi connectivity index (χ4v) is 4.48. The molecule has 2 N–H and O–H groups in total. The molecule has 3 aromatic carbocycles. The lowest BCUT2D eigenvalue weighted by atomic mass is 10.1. The molecule has 1 aliphatic heterocycles. The molecule has 0 spiro atoms. The number of H-pyrrole nitrogens is 1. The van der Waals surface area contributed by atoms with Gasteiger partial charge in [0.2, 0.25) is 6.79 Å². The number of para-hydroxylation sites is 2. The average Bonchev–Trinajstić information content (AvgIpc) is 3.36. The second kappa shape index (κ2) is 10.3. The van der Waals surface area contributed by atoms with E-state index in [4.69, 9.17) is 26.4 Å². The molecule has 0 aliphatic carbocycles. The number of ether oxygens (including phenoxy) is 3. The third-order valence-electron chi connectivity index (χ3n) is 6.20. The van der Waals surface area contributed by atoms with Crippen LogP contribution in [0.25, 0.3) is 10.9 Å². The van der Waals surface area contributed by atoms with Gasteiger partial charge in [-0.2, -0.15) is 0 Å². The highest BCUT2D eigenvalue weighted by Gasteiger charge is 2.18. The number of benzene rings is 3. The Bertz CT molecular complexity index is 1480. The SMILES string of the molecule is CCc1ccc2[nH]c(=O)c(CN(Cc3ccc4c(c3)OCO4)C(=S)Nc3ccccc3OC)cc2c1. The molecule has 0 unspecified atom stereocenters. The number of aryl methyl sites for hydroxylation is 1. The third kappa shape index (κ3) is 4.99. The van der Waals surface area contributed by atoms with Crippen LogP contribution in [0.2, 0.25) is 0 Å². The largest absolute Gasteiger partial charge is 0.495 e. The molecule has 0 amide bonds. The Morgan fingerprint density at radius 1 is 1.03 bits per heavy atom. The van der Waals surface area contributed by atoms with Crippen LogP contribution in [0.3, 0.4) is 0 Å². The summed E-state index contributed by atoms with van der Waals surface area (Å²) in [5, 5.41) is 4.76. The summed E-state index contributed by atoms with van der Waals surface area (Å²) in [6, 6.07) is 21.4. The Morgan fingerprint density at radius 3 is 2.67 bits per heavy atom. The maximum atomic E-state index is 13.0. The Hall–Kier alpha value is -4.04. The van der Waals surface area contributed by atoms with Crippen molar-refractivity contribution in [3.05, 3.63) is 93.8 Å². The number of pyridine rings is 1. The molecule has 0 saturated carbocycles. The normalized spacial score (nSPS) is 11.9. The number of anilines is 1. The van der Waals surface area contributed by atoms with E-state index < -0.39 is 0 Å². The fraction of sp³-hybridized carbons (Fsp3) is 0.214. The number of rotatable bonds is 7. The summed E-state index contributed by atoms with van der Waals surface area (Å²) in [6.45, 7) is 3.10. The van der Waals surface area contributed by atoms with Gasteiger partial charge in [-0.25, -0.2) is 0 Å². The van der Waals surface area contributed by atoms with E-state index in [1.165, 1.54) is 5.56 Å². The van der Waals surface area contributed by atoms with Gasteiger partial charge < -0.3 is 29.4 Å². The number of hydrogen-bond donors (Lipinski definition) is 2. The van der Waals surface area contributed by atoms with Crippen molar-refractivity contribution in [2.75, 3.05) is 19.2 Å². The molecule has 5 rings (SSSR count). The first-order chi connectivity index (χ1) is 17.5. The lowest BCUT2D eigenvalue weighted by Crippen LogP contribution is -2.35. The predicted octanol–water partition coefficient (Wildman–Crippen LogP) is 5.23. The first-order valence-electron chi connectivity index (χ1n) is 11.8. The smallest absolute Gasteiger partial charge is 0.253 e. The van der Waals surface area contributed by atoms with Gasteiger partial charge in [-0.15, -0.1) is 0 Å². The van der Waals surface area contributed by atoms with Gasteiger partial charge >= 0.3 is 0 Å². The molecule has 0 bridgehead atoms. The van der Waals surface area contributed by atoms with Crippen molar-refractivity contribution in [2.45, 2.75) is 26.4 Å². The molecular formula is C28H27N3O4S. The molecule has 0 saturated heterocycles. The number of thiocarbonyl (C=S) groups is 1. The average molecular weight is 502 g/mol. The minimum absolute atomic E-state index is 0.137. The van der Waals surface area contributed by atoms with Crippen molar-refractivity contribution in [1.29, 1.82) is 0 Å². The fourth-order valence-electron chi connectivity index (χ4n) is 4.25. The molecule has 0 fully saturated rings. The van der Waals surface area contributed by atoms with Crippen LogP contribution in [0, 0.1) is 0 Å². The molecule has 2 heterocycles. The zero-order valence-corrected chi connectivity index (χ0v) is 21.0. The highest BCUT2D eigenvalue weighted by atomic mass is 32.1. The van der Waals surface area contributed by atoms with Gasteiger partial charge in [0, 0.05) is 17.6 Å². The number of nitrogens with zero attached hydrogens (tertiary/aromatic N) is 1. The molecule has 184 valence electrons. The summed E-state index contributed by atoms with van der Waals surface area (Å²) < 4.78 is 16.5. The molecule has 8 heteroatoms. The minimum Gasteiger partial charge on any atom is -0.495 e. The van der Waals surface area contributed by atoms with Crippen LogP contribution in [-0.4, -0.2) is 28.9 Å². The van der Waals surface area contributed by atoms with Crippen molar-refractivity contribution in [1.82, 2.24) is 9.88 Å². The number of nitrogens with one attached hydrogen (secondary N) is 2. The van der Waals surface area contributed by atoms with Crippen LogP contribution in [0.1, 0.15) is 23.6 Å². The van der Waals surface area contributed by atoms with E-state index >= 15 is 0 Å². The second-order valence-electron chi connectivity index (χ2n) is 8.57. The number of hydrogen-bond acceptors (Lipinski definition) is 5. The predicted molar refractivity (Wildman–Crippen MR) is 145 cm³/mol. The molecule has 36 heavy (non-hydrogen) atoms. The van der Waals surface area contributed by atoms with Crippen molar-refractivity contribution < 1.29 is 14.2 Å². The van der Waals surface area contributed by atoms with Gasteiger partial charge in [0.25, 0.3) is 5.56 Å². The second-order valence-corrected chi connectivity index (χ2v) is 8.96. The van der Waals surface area contributed by atoms with Crippen LogP contribution in [-0.2, 0) is 19.5 Å². The van der Waals surface area contributed by atoms with Crippen LogP contribution in [0.4, 0.5) is 5.69 Å². The molecular weight excluding hydrogens is 474 g/mol. The third-order valence-corrected chi connectivity index (χ3v) is 6.56. The Balaban J connectivity index is 1.48. The van der Waals surface area contributed by atoms with Crippen molar-refractivity contribution in [3.63, 3.8) is 0 Å². The lowest BCUT2D eigenvalue weighted by molar-refractivity contribution is 0.174. The molecule has 7 nitrogen and oxygen atoms in total. The summed E-state index contributed by atoms with van der Waals surface area (Å²) >= 11 is 5.83. The quantitative estimate of drug-likeness (QED) is 0.336. The van der Waals surface area contributed by atoms with Crippen molar-refractivity contribution in [2.24, 2.45) is 0 Å². The summed E-state index contributed by atoms with van der Waals surface area (Å²) in [5.41, 5.74) is 4.25. The zero-order valence-electron chi connectivity index (χ0n) is 20.2. The van der Waals surface area contributed by atoms with Gasteiger partial charge in [0.15, 0.2) is 16.6 Å². The van der Waals surface area contributed by atoms with Gasteiger partial charge in [-0.3, -0.25) is 4.79 Å². The molecule has 1 aromatic heterocycles. The number of aromatic nitrogens is 1. The number of methoxy groups -OCH3 is 1. The van der Waals surface area contributed by atoms with Crippen molar-refractivity contribution >= 4 is 33.9 Å². The van der Waals surface area contributed by atoms with E-state index in [0.29, 0.717) is 35.3 Å². The van der Waals surface area contributed by atoms with Gasteiger partial charge in [0.1, 0.15) is 5.75 Å². The summed E-state index contributed by atoms with van der Waals surface area (Å²) in [6.07, 6.45) is 0.924. The number of aromatic amines is 1. The highest BCUT2D eigenvalue weighted by molar-refractivity contribution is 7.80. The Labute approximate surface area is 214 Å². The Morgan fingerprint density at radius 2 is 1.83 bits per heavy atom. The van der Waals surface area contributed by atoms with Gasteiger partial charge in [-0.05, 0) is 77.6 Å². The van der Waals surface area contributed by atoms with E-state index in [1.54, 1.807) is 7.11 Å². The summed E-state index contributed by atoms with van der Waals surface area (Å²) in [7, 11) is 1.62. The minimum atomic E-state index is -0.137. The topological polar surface area (TPSA) is 75.8 Å². The van der Waals surface area contributed by atoms with E-state index in [0.717, 1.165) is 34.3 Å². The first-order valence-corrected chi connectivity index (χ1v) is 12.2. The maximum absolute atomic E-state index is 13.0. The van der Waals surface area contributed by atoms with Crippen LogP contribution in [0.5, 0.6) is 17.2 Å². The van der Waals surface area contributed by atoms with E-state index in [-0.39, 0.29) is 12.4 Å². The van der Waals surface area contributed by atoms with Crippen LogP contribution >= 0.6 is 12.2 Å². The van der Waals surface area contributed by atoms with Crippen LogP contribution in [0.15, 0.2) is 71.5 Å². The van der Waals surface area contributed by atoms with E-state index in [2.05, 4.69) is 23.3 Å². The summed E-state index contributed by atoms with van der Waals surface area (Å²) in [4.78, 5) is 18.0. The molecule has 0 atom stereocenters. The van der Waals surface area contributed by atoms with Gasteiger partial charge in [0.05, 0.1) is 19.3 Å². The Kier molecular flexibility index (Phi) is 6.77.